The molecule has 2 aromatic heterocycles. The molecule has 0 aliphatic carbocycles. The smallest absolute Gasteiger partial charge is 0.225 e. The van der Waals surface area contributed by atoms with Crippen molar-refractivity contribution in [3.8, 4) is 11.4 Å². The van der Waals surface area contributed by atoms with Crippen molar-refractivity contribution in [3.05, 3.63) is 54.4 Å². The van der Waals surface area contributed by atoms with E-state index in [0.29, 0.717) is 29.3 Å². The molecule has 1 amide bonds. The van der Waals surface area contributed by atoms with E-state index >= 15 is 0 Å². The normalized spacial score (nSPS) is 11.1. The Labute approximate surface area is 166 Å². The number of oxazole rings is 1. The molecule has 1 N–H and O–H groups in total. The van der Waals surface area contributed by atoms with E-state index in [0.717, 1.165) is 22.1 Å². The predicted octanol–water partition coefficient (Wildman–Crippen LogP) is 4.05. The van der Waals surface area contributed by atoms with Gasteiger partial charge in [0.25, 0.3) is 0 Å². The fourth-order valence-corrected chi connectivity index (χ4v) is 3.73. The van der Waals surface area contributed by atoms with Crippen LogP contribution in [0, 0.1) is 6.92 Å². The lowest BCUT2D eigenvalue weighted by Crippen LogP contribution is -2.12. The van der Waals surface area contributed by atoms with Crippen LogP contribution in [-0.4, -0.2) is 31.4 Å². The van der Waals surface area contributed by atoms with Crippen LogP contribution in [0.3, 0.4) is 0 Å². The molecule has 28 heavy (non-hydrogen) atoms. The van der Waals surface area contributed by atoms with Crippen LogP contribution in [0.4, 0.5) is 5.69 Å². The lowest BCUT2D eigenvalue weighted by molar-refractivity contribution is -0.115. The van der Waals surface area contributed by atoms with Crippen LogP contribution in [0.5, 0.6) is 0 Å². The number of amides is 1. The lowest BCUT2D eigenvalue weighted by atomic mass is 10.2. The maximum atomic E-state index is 12.3. The second-order valence-electron chi connectivity index (χ2n) is 6.26. The fraction of sp³-hybridized carbons (Fsp3) is 0.200. The summed E-state index contributed by atoms with van der Waals surface area (Å²) in [6, 6.07) is 15.4. The summed E-state index contributed by atoms with van der Waals surface area (Å²) in [7, 11) is 1.93. The van der Waals surface area contributed by atoms with Crippen molar-refractivity contribution in [1.82, 2.24) is 19.7 Å². The minimum Gasteiger partial charge on any atom is -0.439 e. The molecular formula is C20H19N5O2S. The predicted molar refractivity (Wildman–Crippen MR) is 109 cm³/mol. The van der Waals surface area contributed by atoms with E-state index in [4.69, 9.17) is 4.42 Å². The number of carbonyl (C=O) groups excluding carboxylic acids is 1. The molecule has 0 radical (unpaired) electrons. The second kappa shape index (κ2) is 7.85. The van der Waals surface area contributed by atoms with Gasteiger partial charge in [-0.2, -0.15) is 0 Å². The highest BCUT2D eigenvalue weighted by molar-refractivity contribution is 7.99. The zero-order chi connectivity index (χ0) is 19.5. The summed E-state index contributed by atoms with van der Waals surface area (Å²) in [6.45, 7) is 1.78. The SMILES string of the molecule is Cc1nc2cccc(NC(=O)CCSc3nnc(-c4ccccc4)n3C)c2o1. The zero-order valence-electron chi connectivity index (χ0n) is 15.5. The van der Waals surface area contributed by atoms with Gasteiger partial charge in [-0.15, -0.1) is 10.2 Å². The summed E-state index contributed by atoms with van der Waals surface area (Å²) in [5.41, 5.74) is 2.98. The van der Waals surface area contributed by atoms with Gasteiger partial charge in [0, 0.05) is 31.7 Å². The summed E-state index contributed by atoms with van der Waals surface area (Å²) in [6.07, 6.45) is 0.349. The van der Waals surface area contributed by atoms with Gasteiger partial charge in [0.2, 0.25) is 5.91 Å². The van der Waals surface area contributed by atoms with Crippen LogP contribution in [-0.2, 0) is 11.8 Å². The highest BCUT2D eigenvalue weighted by atomic mass is 32.2. The third kappa shape index (κ3) is 3.77. The van der Waals surface area contributed by atoms with Crippen molar-refractivity contribution >= 4 is 34.5 Å². The molecule has 0 unspecified atom stereocenters. The van der Waals surface area contributed by atoms with Gasteiger partial charge in [-0.25, -0.2) is 4.98 Å². The number of anilines is 1. The number of hydrogen-bond acceptors (Lipinski definition) is 6. The van der Waals surface area contributed by atoms with Crippen LogP contribution in [0.15, 0.2) is 58.1 Å². The Balaban J connectivity index is 1.36. The largest absolute Gasteiger partial charge is 0.439 e. The van der Waals surface area contributed by atoms with Crippen molar-refractivity contribution in [2.75, 3.05) is 11.1 Å². The first-order valence-electron chi connectivity index (χ1n) is 8.85. The van der Waals surface area contributed by atoms with E-state index in [1.165, 1.54) is 11.8 Å². The Kier molecular flexibility index (Phi) is 5.12. The molecule has 0 bridgehead atoms. The third-order valence-electron chi connectivity index (χ3n) is 4.22. The number of fused-ring (bicyclic) bond motifs is 1. The first-order valence-corrected chi connectivity index (χ1v) is 9.84. The molecule has 142 valence electrons. The first kappa shape index (κ1) is 18.2. The van der Waals surface area contributed by atoms with Crippen molar-refractivity contribution in [3.63, 3.8) is 0 Å². The van der Waals surface area contributed by atoms with Gasteiger partial charge in [-0.1, -0.05) is 48.2 Å². The summed E-state index contributed by atoms with van der Waals surface area (Å²) in [4.78, 5) is 16.6. The molecular weight excluding hydrogens is 374 g/mol. The molecule has 0 atom stereocenters. The average molecular weight is 393 g/mol. The summed E-state index contributed by atoms with van der Waals surface area (Å²) >= 11 is 1.50. The van der Waals surface area contributed by atoms with Crippen LogP contribution < -0.4 is 5.32 Å². The molecule has 2 heterocycles. The van der Waals surface area contributed by atoms with Gasteiger partial charge in [0.1, 0.15) is 5.52 Å². The Morgan fingerprint density at radius 1 is 1.14 bits per heavy atom. The average Bonchev–Trinajstić information content (AvgIpc) is 3.25. The maximum Gasteiger partial charge on any atom is 0.225 e. The molecule has 0 aliphatic rings. The van der Waals surface area contributed by atoms with Crippen molar-refractivity contribution < 1.29 is 9.21 Å². The number of para-hydroxylation sites is 1. The Morgan fingerprint density at radius 2 is 1.96 bits per heavy atom. The van der Waals surface area contributed by atoms with E-state index in [-0.39, 0.29) is 5.91 Å². The Morgan fingerprint density at radius 3 is 2.79 bits per heavy atom. The van der Waals surface area contributed by atoms with Gasteiger partial charge in [0.05, 0.1) is 5.69 Å². The number of rotatable bonds is 6. The number of carbonyl (C=O) groups is 1. The number of hydrogen-bond donors (Lipinski definition) is 1. The van der Waals surface area contributed by atoms with Gasteiger partial charge < -0.3 is 14.3 Å². The topological polar surface area (TPSA) is 85.8 Å². The molecule has 0 spiro atoms. The van der Waals surface area contributed by atoms with Crippen LogP contribution >= 0.6 is 11.8 Å². The van der Waals surface area contributed by atoms with Crippen molar-refractivity contribution in [2.24, 2.45) is 7.05 Å². The third-order valence-corrected chi connectivity index (χ3v) is 5.25. The van der Waals surface area contributed by atoms with E-state index in [1.54, 1.807) is 6.92 Å². The first-order chi connectivity index (χ1) is 13.6. The van der Waals surface area contributed by atoms with Gasteiger partial charge >= 0.3 is 0 Å². The molecule has 7 nitrogen and oxygen atoms in total. The number of aryl methyl sites for hydroxylation is 1. The number of nitrogens with one attached hydrogen (secondary N) is 1. The van der Waals surface area contributed by atoms with E-state index < -0.39 is 0 Å². The molecule has 0 saturated carbocycles. The number of nitrogens with zero attached hydrogens (tertiary/aromatic N) is 4. The minimum absolute atomic E-state index is 0.0838. The monoisotopic (exact) mass is 393 g/mol. The summed E-state index contributed by atoms with van der Waals surface area (Å²) in [5.74, 6) is 1.89. The van der Waals surface area contributed by atoms with Gasteiger partial charge in [-0.05, 0) is 12.1 Å². The Hall–Kier alpha value is -3.13. The quantitative estimate of drug-likeness (QED) is 0.497. The fourth-order valence-electron chi connectivity index (χ4n) is 2.89. The highest BCUT2D eigenvalue weighted by Crippen LogP contribution is 2.25. The molecule has 0 saturated heterocycles. The van der Waals surface area contributed by atoms with Gasteiger partial charge in [0.15, 0.2) is 22.5 Å². The maximum absolute atomic E-state index is 12.3. The number of aromatic nitrogens is 4. The van der Waals surface area contributed by atoms with E-state index in [1.807, 2.05) is 60.1 Å². The van der Waals surface area contributed by atoms with Crippen molar-refractivity contribution in [2.45, 2.75) is 18.5 Å². The zero-order valence-corrected chi connectivity index (χ0v) is 16.4. The molecule has 0 fully saturated rings. The van der Waals surface area contributed by atoms with Crippen LogP contribution in [0.25, 0.3) is 22.5 Å². The van der Waals surface area contributed by atoms with E-state index in [9.17, 15) is 4.79 Å². The number of thioether (sulfide) groups is 1. The summed E-state index contributed by atoms with van der Waals surface area (Å²) in [5, 5.41) is 12.2. The van der Waals surface area contributed by atoms with Gasteiger partial charge in [-0.3, -0.25) is 4.79 Å². The highest BCUT2D eigenvalue weighted by Gasteiger charge is 2.13. The number of benzene rings is 2. The second-order valence-corrected chi connectivity index (χ2v) is 7.33. The van der Waals surface area contributed by atoms with Crippen LogP contribution in [0.2, 0.25) is 0 Å². The van der Waals surface area contributed by atoms with Crippen molar-refractivity contribution in [1.29, 1.82) is 0 Å². The standard InChI is InChI=1S/C20H19N5O2S/c1-13-21-15-9-6-10-16(18(15)27-13)22-17(26)11-12-28-20-24-23-19(25(20)2)14-7-4-3-5-8-14/h3-10H,11-12H2,1-2H3,(H,22,26). The Bertz CT molecular complexity index is 1120. The van der Waals surface area contributed by atoms with Crippen LogP contribution in [0.1, 0.15) is 12.3 Å². The lowest BCUT2D eigenvalue weighted by Gasteiger charge is -2.06. The summed E-state index contributed by atoms with van der Waals surface area (Å²) < 4.78 is 7.52. The molecule has 2 aromatic carbocycles. The van der Waals surface area contributed by atoms with E-state index in [2.05, 4.69) is 20.5 Å². The minimum atomic E-state index is -0.0838. The molecule has 4 rings (SSSR count). The molecule has 8 heteroatoms. The molecule has 0 aliphatic heterocycles. The molecule has 4 aromatic rings.